The zero-order valence-corrected chi connectivity index (χ0v) is 34.9. The van der Waals surface area contributed by atoms with Crippen LogP contribution < -0.4 is 31.7 Å². The van der Waals surface area contributed by atoms with Gasteiger partial charge in [0.05, 0.1) is 11.9 Å². The molecule has 0 unspecified atom stereocenters. The van der Waals surface area contributed by atoms with E-state index in [-0.39, 0.29) is 29.1 Å². The molecule has 18 nitrogen and oxygen atoms in total. The number of H-pyrrole nitrogens is 1. The Labute approximate surface area is 366 Å². The van der Waals surface area contributed by atoms with Crippen LogP contribution in [0.25, 0.3) is 21.7 Å². The van der Waals surface area contributed by atoms with E-state index in [1.54, 1.807) is 32.9 Å². The van der Waals surface area contributed by atoms with Gasteiger partial charge in [-0.2, -0.15) is 5.21 Å². The third kappa shape index (κ3) is 12.3. The predicted octanol–water partition coefficient (Wildman–Crippen LogP) is 4.71. The van der Waals surface area contributed by atoms with Crippen LogP contribution in [0.5, 0.6) is 5.75 Å². The Morgan fingerprint density at radius 2 is 1.45 bits per heavy atom. The van der Waals surface area contributed by atoms with Crippen molar-refractivity contribution in [3.05, 3.63) is 113 Å². The third-order valence-corrected chi connectivity index (χ3v) is 9.49. The lowest BCUT2D eigenvalue weighted by Gasteiger charge is -2.25. The highest BCUT2D eigenvalue weighted by Gasteiger charge is 2.34. The second kappa shape index (κ2) is 19.2. The van der Waals surface area contributed by atoms with Gasteiger partial charge in [0, 0.05) is 28.9 Å². The van der Waals surface area contributed by atoms with Crippen molar-refractivity contribution in [3.63, 3.8) is 0 Å². The summed E-state index contributed by atoms with van der Waals surface area (Å²) in [5.41, 5.74) is 5.20. The second-order valence-electron chi connectivity index (χ2n) is 15.3. The van der Waals surface area contributed by atoms with Crippen LogP contribution in [0, 0.1) is 0 Å². The van der Waals surface area contributed by atoms with Gasteiger partial charge in [-0.1, -0.05) is 59.3 Å². The number of hydrogen-bond donors (Lipinski definition) is 6. The molecule has 0 saturated heterocycles. The van der Waals surface area contributed by atoms with Gasteiger partial charge in [0.1, 0.15) is 35.2 Å². The number of rotatable bonds is 15. The van der Waals surface area contributed by atoms with Crippen molar-refractivity contribution >= 4 is 74.6 Å². The molecule has 0 aliphatic carbocycles. The van der Waals surface area contributed by atoms with E-state index in [2.05, 4.69) is 46.6 Å². The first-order valence-electron chi connectivity index (χ1n) is 19.3. The monoisotopic (exact) mass is 904 g/mol. The summed E-state index contributed by atoms with van der Waals surface area (Å²) < 4.78 is 48.6. The van der Waals surface area contributed by atoms with Gasteiger partial charge in [0.2, 0.25) is 23.6 Å². The minimum Gasteiger partial charge on any atom is -0.443 e. The predicted molar refractivity (Wildman–Crippen MR) is 225 cm³/mol. The summed E-state index contributed by atoms with van der Waals surface area (Å²) in [6.45, 7) is 4.94. The minimum atomic E-state index is -4.96. The molecule has 2 aromatic heterocycles. The first kappa shape index (κ1) is 46.0. The number of carbonyl (C=O) groups is 6. The number of anilines is 1. The highest BCUT2D eigenvalue weighted by atomic mass is 35.5. The van der Waals surface area contributed by atoms with Crippen LogP contribution in [0.1, 0.15) is 49.1 Å². The van der Waals surface area contributed by atoms with Gasteiger partial charge in [0.25, 0.3) is 5.91 Å². The van der Waals surface area contributed by atoms with Crippen LogP contribution in [-0.4, -0.2) is 90.9 Å². The van der Waals surface area contributed by atoms with Crippen molar-refractivity contribution in [2.45, 2.75) is 70.1 Å². The van der Waals surface area contributed by atoms with E-state index >= 15 is 0 Å². The zero-order valence-electron chi connectivity index (χ0n) is 34.2. The number of carbonyl (C=O) groups excluding carboxylic acids is 6. The van der Waals surface area contributed by atoms with E-state index in [9.17, 15) is 41.9 Å². The number of hydrogen-bond acceptors (Lipinski definition) is 11. The molecule has 5 amide bonds. The lowest BCUT2D eigenvalue weighted by molar-refractivity contribution is -0.274. The fraction of sp³-hybridized carbons (Fsp3) is 0.262. The van der Waals surface area contributed by atoms with E-state index in [0.717, 1.165) is 39.6 Å². The number of fused-ring (bicyclic) bond motifs is 2. The van der Waals surface area contributed by atoms with Gasteiger partial charge in [0.15, 0.2) is 5.82 Å². The molecule has 3 atom stereocenters. The molecule has 0 bridgehead atoms. The van der Waals surface area contributed by atoms with Crippen molar-refractivity contribution in [1.29, 1.82) is 0 Å². The van der Waals surface area contributed by atoms with Crippen molar-refractivity contribution < 1.29 is 51.4 Å². The fourth-order valence-electron chi connectivity index (χ4n) is 6.49. The number of ether oxygens (including phenoxy) is 2. The summed E-state index contributed by atoms with van der Waals surface area (Å²) in [5.74, 6) is -5.49. The third-order valence-electron chi connectivity index (χ3n) is 9.25. The molecule has 4 aromatic carbocycles. The topological polar surface area (TPSA) is 254 Å². The average Bonchev–Trinajstić information content (AvgIpc) is 3.87. The molecule has 0 aliphatic rings. The number of primary amides is 1. The normalized spacial score (nSPS) is 13.0. The van der Waals surface area contributed by atoms with Gasteiger partial charge in [-0.05, 0) is 85.6 Å². The molecule has 64 heavy (non-hydrogen) atoms. The van der Waals surface area contributed by atoms with Crippen LogP contribution in [0.3, 0.4) is 0 Å². The Morgan fingerprint density at radius 3 is 2.11 bits per heavy atom. The Morgan fingerprint density at radius 1 is 0.781 bits per heavy atom. The molecule has 7 N–H and O–H groups in total. The number of amides is 5. The highest BCUT2D eigenvalue weighted by Crippen LogP contribution is 2.27. The maximum absolute atomic E-state index is 14.4. The van der Waals surface area contributed by atoms with Crippen LogP contribution in [-0.2, 0) is 36.8 Å². The Hall–Kier alpha value is -7.55. The second-order valence-corrected chi connectivity index (χ2v) is 15.8. The van der Waals surface area contributed by atoms with Gasteiger partial charge in [-0.3, -0.25) is 24.0 Å². The lowest BCUT2D eigenvalue weighted by Crippen LogP contribution is -2.57. The van der Waals surface area contributed by atoms with Gasteiger partial charge in [-0.25, -0.2) is 9.36 Å². The number of aromatic amines is 1. The number of aromatic nitrogens is 5. The summed E-state index contributed by atoms with van der Waals surface area (Å²) in [6.07, 6.45) is -7.18. The summed E-state index contributed by atoms with van der Waals surface area (Å²) >= 11 is 6.24. The van der Waals surface area contributed by atoms with Gasteiger partial charge in [-0.15, -0.1) is 23.4 Å². The van der Waals surface area contributed by atoms with E-state index in [0.29, 0.717) is 16.0 Å². The minimum absolute atomic E-state index is 0.00922. The van der Waals surface area contributed by atoms with E-state index in [1.165, 1.54) is 24.3 Å². The number of benzene rings is 4. The SMILES string of the molecule is CC(C)(C)OC(=O)n1c(C(=O)N[C@@H](Cc2ccc3ccccc3c2)C(=O)N[C@@H](CC(N)=O)C(=O)N[C@@H](Cc2nn[nH]n2)C(=O)Nc2ccc(OC(F)(F)F)cc2)cc2cc(Cl)ccc21. The molecule has 0 aliphatic heterocycles. The van der Waals surface area contributed by atoms with Crippen LogP contribution in [0.4, 0.5) is 23.7 Å². The van der Waals surface area contributed by atoms with Gasteiger partial charge < -0.3 is 36.5 Å². The molecule has 334 valence electrons. The Balaban J connectivity index is 1.29. The molecule has 22 heteroatoms. The van der Waals surface area contributed by atoms with Crippen molar-refractivity contribution in [1.82, 2.24) is 41.1 Å². The lowest BCUT2D eigenvalue weighted by atomic mass is 10.0. The molecule has 0 radical (unpaired) electrons. The summed E-state index contributed by atoms with van der Waals surface area (Å²) in [5, 5.41) is 25.7. The number of tetrazole rings is 1. The fourth-order valence-corrected chi connectivity index (χ4v) is 6.67. The maximum Gasteiger partial charge on any atom is 0.573 e. The van der Waals surface area contributed by atoms with E-state index in [1.807, 2.05) is 30.3 Å². The number of nitrogens with one attached hydrogen (secondary N) is 5. The molecule has 0 spiro atoms. The first-order chi connectivity index (χ1) is 30.2. The first-order valence-corrected chi connectivity index (χ1v) is 19.7. The number of halogens is 4. The quantitative estimate of drug-likeness (QED) is 0.0823. The average molecular weight is 905 g/mol. The van der Waals surface area contributed by atoms with Crippen molar-refractivity contribution in [2.24, 2.45) is 5.73 Å². The molecular formula is C42H40ClF3N10O8. The molecule has 0 saturated carbocycles. The number of alkyl halides is 3. The van der Waals surface area contributed by atoms with Gasteiger partial charge >= 0.3 is 12.5 Å². The van der Waals surface area contributed by atoms with E-state index < -0.39 is 84.3 Å². The van der Waals surface area contributed by atoms with Crippen molar-refractivity contribution in [3.8, 4) is 5.75 Å². The molecule has 6 rings (SSSR count). The molecular weight excluding hydrogens is 865 g/mol. The number of nitrogens with two attached hydrogens (primary N) is 1. The van der Waals surface area contributed by atoms with E-state index in [4.69, 9.17) is 22.1 Å². The summed E-state index contributed by atoms with van der Waals surface area (Å²) in [7, 11) is 0. The summed E-state index contributed by atoms with van der Waals surface area (Å²) in [6, 6.07) is 18.1. The van der Waals surface area contributed by atoms with Crippen LogP contribution in [0.15, 0.2) is 91.0 Å². The maximum atomic E-state index is 14.4. The molecule has 0 fully saturated rings. The van der Waals surface area contributed by atoms with Crippen LogP contribution >= 0.6 is 11.6 Å². The van der Waals surface area contributed by atoms with Crippen LogP contribution in [0.2, 0.25) is 5.02 Å². The standard InChI is InChI=1S/C42H40ClF3N10O8/c1-41(2,3)64-40(62)56-32-15-10-26(43)18-25(32)19-33(56)39(61)51-29(17-22-8-9-23-6-4-5-7-24(23)16-22)37(59)49-30(20-34(47)57)38(60)50-31(21-35-52-54-55-53-35)36(58)48-27-11-13-28(14-12-27)63-42(44,45)46/h4-16,18-19,29-31H,17,20-21H2,1-3H3,(H2,47,57)(H,48,58)(H,49,59)(H,50,60)(H,51,61)(H,52,53,54,55)/t29-,30-,31-/m0/s1. The van der Waals surface area contributed by atoms with Crippen molar-refractivity contribution in [2.75, 3.05) is 5.32 Å². The summed E-state index contributed by atoms with van der Waals surface area (Å²) in [4.78, 5) is 82.1. The molecule has 6 aromatic rings. The Kier molecular flexibility index (Phi) is 13.8. The zero-order chi connectivity index (χ0) is 46.3. The molecule has 2 heterocycles. The Bertz CT molecular complexity index is 2700. The highest BCUT2D eigenvalue weighted by molar-refractivity contribution is 6.31. The number of nitrogens with zero attached hydrogens (tertiary/aromatic N) is 4. The smallest absolute Gasteiger partial charge is 0.443 e. The largest absolute Gasteiger partial charge is 0.573 e.